The molecule has 2 heterocycles. The van der Waals surface area contributed by atoms with Gasteiger partial charge in [0.1, 0.15) is 0 Å². The quantitative estimate of drug-likeness (QED) is 0.852. The van der Waals surface area contributed by atoms with Gasteiger partial charge in [0.15, 0.2) is 0 Å². The summed E-state index contributed by atoms with van der Waals surface area (Å²) in [5.41, 5.74) is 2.28. The third kappa shape index (κ3) is 3.07. The molecule has 1 unspecified atom stereocenters. The normalized spacial score (nSPS) is 13.1. The van der Waals surface area contributed by atoms with E-state index >= 15 is 0 Å². The monoisotopic (exact) mass is 293 g/mol. The van der Waals surface area contributed by atoms with Crippen LogP contribution in [0.3, 0.4) is 0 Å². The lowest BCUT2D eigenvalue weighted by Gasteiger charge is -2.19. The fraction of sp³-hybridized carbons (Fsp3) is 0.643. The Morgan fingerprint density at radius 2 is 2.15 bits per heavy atom. The molecule has 0 aliphatic heterocycles. The van der Waals surface area contributed by atoms with Crippen LogP contribution in [0.4, 0.5) is 0 Å². The minimum atomic E-state index is 0.134. The van der Waals surface area contributed by atoms with Gasteiger partial charge >= 0.3 is 0 Å². The molecule has 0 amide bonds. The summed E-state index contributed by atoms with van der Waals surface area (Å²) in [5, 5.41) is 12.3. The van der Waals surface area contributed by atoms with Crippen LogP contribution in [-0.2, 0) is 6.54 Å². The van der Waals surface area contributed by atoms with Gasteiger partial charge in [0.25, 0.3) is 0 Å². The first-order valence-corrected chi connectivity index (χ1v) is 8.03. The minimum absolute atomic E-state index is 0.134. The molecule has 110 valence electrons. The Morgan fingerprint density at radius 3 is 2.80 bits per heavy atom. The molecule has 0 bridgehead atoms. The van der Waals surface area contributed by atoms with E-state index in [2.05, 4.69) is 53.8 Å². The van der Waals surface area contributed by atoms with Gasteiger partial charge in [-0.2, -0.15) is 5.10 Å². The Bertz CT molecular complexity index is 531. The minimum Gasteiger partial charge on any atom is -0.304 e. The van der Waals surface area contributed by atoms with Crippen molar-refractivity contribution >= 4 is 11.5 Å². The smallest absolute Gasteiger partial charge is 0.0877 e. The lowest BCUT2D eigenvalue weighted by Crippen LogP contribution is -2.26. The Hall–Kier alpha value is -1.27. The number of aryl methyl sites for hydroxylation is 1. The lowest BCUT2D eigenvalue weighted by molar-refractivity contribution is 0.530. The molecular weight excluding hydrogens is 270 g/mol. The van der Waals surface area contributed by atoms with Crippen molar-refractivity contribution in [3.8, 4) is 0 Å². The van der Waals surface area contributed by atoms with Crippen LogP contribution < -0.4 is 5.32 Å². The van der Waals surface area contributed by atoms with Crippen LogP contribution in [0.1, 0.15) is 62.3 Å². The molecule has 1 atom stereocenters. The maximum atomic E-state index is 4.39. The Labute approximate surface area is 124 Å². The molecule has 2 aromatic rings. The van der Waals surface area contributed by atoms with Crippen LogP contribution in [0.25, 0.3) is 0 Å². The van der Waals surface area contributed by atoms with Crippen LogP contribution in [-0.4, -0.2) is 25.9 Å². The summed E-state index contributed by atoms with van der Waals surface area (Å²) in [5.74, 6) is 0.382. The van der Waals surface area contributed by atoms with Gasteiger partial charge in [-0.15, -0.1) is 5.10 Å². The van der Waals surface area contributed by atoms with E-state index in [1.54, 1.807) is 0 Å². The van der Waals surface area contributed by atoms with E-state index in [4.69, 9.17) is 0 Å². The standard InChI is InChI=1S/C14H23N5S/c1-5-8-15-13(11-7-9-16-19(11)6-2)14-12(10(3)4)17-18-20-14/h7,9-10,13,15H,5-6,8H2,1-4H3. The first-order valence-electron chi connectivity index (χ1n) is 7.26. The van der Waals surface area contributed by atoms with Crippen molar-refractivity contribution < 1.29 is 0 Å². The van der Waals surface area contributed by atoms with E-state index in [1.165, 1.54) is 22.1 Å². The summed E-state index contributed by atoms with van der Waals surface area (Å²) in [7, 11) is 0. The van der Waals surface area contributed by atoms with E-state index in [0.717, 1.165) is 25.2 Å². The van der Waals surface area contributed by atoms with Crippen LogP contribution in [0, 0.1) is 0 Å². The highest BCUT2D eigenvalue weighted by Gasteiger charge is 2.24. The summed E-state index contributed by atoms with van der Waals surface area (Å²) in [6, 6.07) is 2.22. The number of nitrogens with one attached hydrogen (secondary N) is 1. The molecule has 0 spiro atoms. The zero-order chi connectivity index (χ0) is 14.5. The van der Waals surface area contributed by atoms with Crippen molar-refractivity contribution in [1.82, 2.24) is 24.7 Å². The molecule has 6 heteroatoms. The van der Waals surface area contributed by atoms with Crippen LogP contribution >= 0.6 is 11.5 Å². The predicted octanol–water partition coefficient (Wildman–Crippen LogP) is 2.97. The predicted molar refractivity (Wildman–Crippen MR) is 82.0 cm³/mol. The summed E-state index contributed by atoms with van der Waals surface area (Å²) in [4.78, 5) is 1.21. The largest absolute Gasteiger partial charge is 0.304 e. The van der Waals surface area contributed by atoms with Crippen LogP contribution in [0.2, 0.25) is 0 Å². The lowest BCUT2D eigenvalue weighted by atomic mass is 10.0. The molecule has 0 aromatic carbocycles. The molecule has 0 saturated heterocycles. The van der Waals surface area contributed by atoms with Crippen molar-refractivity contribution in [2.24, 2.45) is 0 Å². The summed E-state index contributed by atoms with van der Waals surface area (Å²) in [6.07, 6.45) is 2.96. The molecule has 0 fully saturated rings. The van der Waals surface area contributed by atoms with Gasteiger partial charge in [-0.1, -0.05) is 25.3 Å². The van der Waals surface area contributed by atoms with E-state index in [1.807, 2.05) is 10.9 Å². The number of hydrogen-bond acceptors (Lipinski definition) is 5. The van der Waals surface area contributed by atoms with Gasteiger partial charge in [0, 0.05) is 12.7 Å². The molecule has 0 radical (unpaired) electrons. The van der Waals surface area contributed by atoms with Crippen molar-refractivity contribution in [2.75, 3.05) is 6.54 Å². The molecular formula is C14H23N5S. The summed E-state index contributed by atoms with van der Waals surface area (Å²) >= 11 is 1.49. The third-order valence-corrected chi connectivity index (χ3v) is 4.10. The fourth-order valence-electron chi connectivity index (χ4n) is 2.28. The maximum Gasteiger partial charge on any atom is 0.0877 e. The van der Waals surface area contributed by atoms with E-state index in [0.29, 0.717) is 5.92 Å². The van der Waals surface area contributed by atoms with Gasteiger partial charge in [0.05, 0.1) is 22.3 Å². The number of rotatable bonds is 7. The molecule has 2 aromatic heterocycles. The number of nitrogens with zero attached hydrogens (tertiary/aromatic N) is 4. The van der Waals surface area contributed by atoms with Crippen molar-refractivity contribution in [1.29, 1.82) is 0 Å². The van der Waals surface area contributed by atoms with Gasteiger partial charge in [-0.05, 0) is 43.4 Å². The SMILES string of the molecule is CCCNC(c1snnc1C(C)C)c1ccnn1CC. The van der Waals surface area contributed by atoms with Crippen molar-refractivity contribution in [3.63, 3.8) is 0 Å². The first kappa shape index (κ1) is 15.1. The second-order valence-electron chi connectivity index (χ2n) is 5.14. The highest BCUT2D eigenvalue weighted by molar-refractivity contribution is 7.05. The van der Waals surface area contributed by atoms with E-state index in [9.17, 15) is 0 Å². The highest BCUT2D eigenvalue weighted by atomic mass is 32.1. The topological polar surface area (TPSA) is 55.6 Å². The van der Waals surface area contributed by atoms with E-state index < -0.39 is 0 Å². The number of aromatic nitrogens is 4. The number of hydrogen-bond donors (Lipinski definition) is 1. The summed E-state index contributed by atoms with van der Waals surface area (Å²) < 4.78 is 6.20. The fourth-order valence-corrected chi connectivity index (χ4v) is 3.17. The Morgan fingerprint density at radius 1 is 1.35 bits per heavy atom. The molecule has 1 N–H and O–H groups in total. The van der Waals surface area contributed by atoms with Gasteiger partial charge in [-0.3, -0.25) is 4.68 Å². The first-order chi connectivity index (χ1) is 9.69. The van der Waals surface area contributed by atoms with Crippen LogP contribution in [0.5, 0.6) is 0 Å². The van der Waals surface area contributed by atoms with Crippen molar-refractivity contribution in [3.05, 3.63) is 28.5 Å². The molecule has 2 rings (SSSR count). The van der Waals surface area contributed by atoms with Gasteiger partial charge in [0.2, 0.25) is 0 Å². The van der Waals surface area contributed by atoms with E-state index in [-0.39, 0.29) is 6.04 Å². The molecule has 5 nitrogen and oxygen atoms in total. The highest BCUT2D eigenvalue weighted by Crippen LogP contribution is 2.30. The Balaban J connectivity index is 2.39. The van der Waals surface area contributed by atoms with Crippen molar-refractivity contribution in [2.45, 2.75) is 52.6 Å². The molecule has 0 aliphatic rings. The zero-order valence-corrected chi connectivity index (χ0v) is 13.4. The maximum absolute atomic E-state index is 4.39. The molecule has 0 saturated carbocycles. The van der Waals surface area contributed by atoms with Crippen LogP contribution in [0.15, 0.2) is 12.3 Å². The third-order valence-electron chi connectivity index (χ3n) is 3.29. The Kier molecular flexibility index (Phi) is 5.25. The molecule has 0 aliphatic carbocycles. The zero-order valence-electron chi connectivity index (χ0n) is 12.6. The summed E-state index contributed by atoms with van der Waals surface area (Å²) in [6.45, 7) is 10.4. The second-order valence-corrected chi connectivity index (χ2v) is 5.92. The average Bonchev–Trinajstić information content (AvgIpc) is 3.07. The van der Waals surface area contributed by atoms with Gasteiger partial charge in [-0.25, -0.2) is 0 Å². The average molecular weight is 293 g/mol. The van der Waals surface area contributed by atoms with Gasteiger partial charge < -0.3 is 5.32 Å². The second kappa shape index (κ2) is 6.95. The molecule has 20 heavy (non-hydrogen) atoms.